The lowest BCUT2D eigenvalue weighted by Crippen LogP contribution is -2.39. The van der Waals surface area contributed by atoms with E-state index in [1.807, 2.05) is 0 Å². The van der Waals surface area contributed by atoms with Crippen LogP contribution in [0.4, 0.5) is 10.1 Å². The summed E-state index contributed by atoms with van der Waals surface area (Å²) in [6.45, 7) is 0. The zero-order valence-electron chi connectivity index (χ0n) is 9.49. The molecule has 0 aliphatic heterocycles. The van der Waals surface area contributed by atoms with Crippen LogP contribution in [0.5, 0.6) is 0 Å². The van der Waals surface area contributed by atoms with Gasteiger partial charge in [-0.3, -0.25) is 10.1 Å². The number of benzene rings is 1. The summed E-state index contributed by atoms with van der Waals surface area (Å²) in [6, 6.07) is 3.59. The number of hydrogen-bond donors (Lipinski definition) is 1. The smallest absolute Gasteiger partial charge is 0.269 e. The molecule has 1 aliphatic rings. The van der Waals surface area contributed by atoms with Gasteiger partial charge in [0.1, 0.15) is 5.82 Å². The molecule has 2 N–H and O–H groups in total. The monoisotopic (exact) mass is 238 g/mol. The Morgan fingerprint density at radius 3 is 2.53 bits per heavy atom. The van der Waals surface area contributed by atoms with Crippen molar-refractivity contribution in [2.24, 2.45) is 5.73 Å². The minimum Gasteiger partial charge on any atom is -0.321 e. The number of nitro benzene ring substituents is 1. The molecule has 0 radical (unpaired) electrons. The van der Waals surface area contributed by atoms with Gasteiger partial charge in [0.05, 0.1) is 4.92 Å². The van der Waals surface area contributed by atoms with Crippen LogP contribution >= 0.6 is 0 Å². The van der Waals surface area contributed by atoms with E-state index in [-0.39, 0.29) is 11.3 Å². The van der Waals surface area contributed by atoms with Gasteiger partial charge in [0.2, 0.25) is 0 Å². The summed E-state index contributed by atoms with van der Waals surface area (Å²) in [5.74, 6) is -0.444. The molecular weight excluding hydrogens is 223 g/mol. The van der Waals surface area contributed by atoms with E-state index in [0.717, 1.165) is 25.3 Å². The summed E-state index contributed by atoms with van der Waals surface area (Å²) in [6.07, 6.45) is 4.35. The van der Waals surface area contributed by atoms with E-state index in [4.69, 9.17) is 5.73 Å². The van der Waals surface area contributed by atoms with Crippen LogP contribution < -0.4 is 5.73 Å². The highest BCUT2D eigenvalue weighted by molar-refractivity contribution is 5.39. The molecule has 17 heavy (non-hydrogen) atoms. The molecule has 0 atom stereocenters. The van der Waals surface area contributed by atoms with Crippen LogP contribution in [0.3, 0.4) is 0 Å². The molecule has 0 unspecified atom stereocenters. The van der Waals surface area contributed by atoms with Gasteiger partial charge in [-0.25, -0.2) is 4.39 Å². The topological polar surface area (TPSA) is 69.2 Å². The fraction of sp³-hybridized carbons (Fsp3) is 0.500. The Hall–Kier alpha value is -1.49. The molecule has 0 heterocycles. The van der Waals surface area contributed by atoms with Crippen molar-refractivity contribution in [1.82, 2.24) is 0 Å². The Kier molecular flexibility index (Phi) is 3.11. The molecule has 1 saturated carbocycles. The van der Waals surface area contributed by atoms with Crippen LogP contribution in [0.2, 0.25) is 0 Å². The van der Waals surface area contributed by atoms with E-state index in [2.05, 4.69) is 0 Å². The molecule has 1 aromatic rings. The average molecular weight is 238 g/mol. The molecule has 2 rings (SSSR count). The minimum atomic E-state index is -0.742. The minimum absolute atomic E-state index is 0.100. The van der Waals surface area contributed by atoms with Crippen molar-refractivity contribution in [2.75, 3.05) is 0 Å². The molecular formula is C12H15FN2O2. The summed E-state index contributed by atoms with van der Waals surface area (Å²) in [4.78, 5) is 10.2. The number of non-ortho nitro benzene ring substituents is 1. The largest absolute Gasteiger partial charge is 0.321 e. The normalized spacial score (nSPS) is 18.9. The van der Waals surface area contributed by atoms with E-state index < -0.39 is 16.3 Å². The SMILES string of the molecule is NC1(c2cc([N+](=O)[O-])ccc2F)CCCCC1. The van der Waals surface area contributed by atoms with Gasteiger partial charge in [-0.05, 0) is 18.9 Å². The maximum atomic E-state index is 13.8. The predicted molar refractivity (Wildman–Crippen MR) is 62.0 cm³/mol. The Labute approximate surface area is 98.8 Å². The highest BCUT2D eigenvalue weighted by Gasteiger charge is 2.33. The number of nitrogens with zero attached hydrogens (tertiary/aromatic N) is 1. The van der Waals surface area contributed by atoms with Gasteiger partial charge in [-0.15, -0.1) is 0 Å². The van der Waals surface area contributed by atoms with Crippen LogP contribution in [0.1, 0.15) is 37.7 Å². The van der Waals surface area contributed by atoms with Gasteiger partial charge >= 0.3 is 0 Å². The van der Waals surface area contributed by atoms with Gasteiger partial charge < -0.3 is 5.73 Å². The first-order valence-electron chi connectivity index (χ1n) is 5.76. The Balaban J connectivity index is 2.42. The van der Waals surface area contributed by atoms with Crippen molar-refractivity contribution >= 4 is 5.69 Å². The number of nitrogens with two attached hydrogens (primary N) is 1. The molecule has 1 aromatic carbocycles. The first-order chi connectivity index (χ1) is 8.03. The maximum Gasteiger partial charge on any atom is 0.269 e. The van der Waals surface area contributed by atoms with Gasteiger partial charge in [-0.1, -0.05) is 19.3 Å². The Morgan fingerprint density at radius 1 is 1.29 bits per heavy atom. The third-order valence-electron chi connectivity index (χ3n) is 3.44. The highest BCUT2D eigenvalue weighted by Crippen LogP contribution is 2.37. The quantitative estimate of drug-likeness (QED) is 0.636. The number of halogens is 1. The average Bonchev–Trinajstić information content (AvgIpc) is 2.30. The zero-order chi connectivity index (χ0) is 12.5. The molecule has 92 valence electrons. The zero-order valence-corrected chi connectivity index (χ0v) is 9.49. The molecule has 0 saturated heterocycles. The van der Waals surface area contributed by atoms with Crippen molar-refractivity contribution in [1.29, 1.82) is 0 Å². The summed E-state index contributed by atoms with van der Waals surface area (Å²) in [5.41, 5.74) is 5.63. The fourth-order valence-electron chi connectivity index (χ4n) is 2.46. The summed E-state index contributed by atoms with van der Waals surface area (Å²) >= 11 is 0. The van der Waals surface area contributed by atoms with E-state index >= 15 is 0 Å². The van der Waals surface area contributed by atoms with E-state index in [9.17, 15) is 14.5 Å². The number of nitro groups is 1. The van der Waals surface area contributed by atoms with E-state index in [0.29, 0.717) is 12.8 Å². The van der Waals surface area contributed by atoms with Crippen molar-refractivity contribution in [2.45, 2.75) is 37.6 Å². The van der Waals surface area contributed by atoms with Crippen LogP contribution in [-0.4, -0.2) is 4.92 Å². The lowest BCUT2D eigenvalue weighted by molar-refractivity contribution is -0.385. The van der Waals surface area contributed by atoms with E-state index in [1.165, 1.54) is 12.1 Å². The van der Waals surface area contributed by atoms with Crippen LogP contribution in [0.25, 0.3) is 0 Å². The molecule has 0 aromatic heterocycles. The third kappa shape index (κ3) is 2.29. The Morgan fingerprint density at radius 2 is 1.94 bits per heavy atom. The number of hydrogen-bond acceptors (Lipinski definition) is 3. The summed E-state index contributed by atoms with van der Waals surface area (Å²) in [7, 11) is 0. The van der Waals surface area contributed by atoms with Crippen molar-refractivity contribution in [3.63, 3.8) is 0 Å². The van der Waals surface area contributed by atoms with Crippen molar-refractivity contribution in [3.05, 3.63) is 39.7 Å². The van der Waals surface area contributed by atoms with E-state index in [1.54, 1.807) is 0 Å². The van der Waals surface area contributed by atoms with Crippen molar-refractivity contribution < 1.29 is 9.31 Å². The lowest BCUT2D eigenvalue weighted by atomic mass is 9.77. The second-order valence-corrected chi connectivity index (χ2v) is 4.64. The van der Waals surface area contributed by atoms with Crippen LogP contribution in [-0.2, 0) is 5.54 Å². The van der Waals surface area contributed by atoms with Crippen LogP contribution in [0.15, 0.2) is 18.2 Å². The van der Waals surface area contributed by atoms with Gasteiger partial charge in [0, 0.05) is 23.2 Å². The molecule has 0 amide bonds. The highest BCUT2D eigenvalue weighted by atomic mass is 19.1. The third-order valence-corrected chi connectivity index (χ3v) is 3.44. The molecule has 1 aliphatic carbocycles. The molecule has 0 bridgehead atoms. The van der Waals surface area contributed by atoms with Gasteiger partial charge in [0.25, 0.3) is 5.69 Å². The molecule has 0 spiro atoms. The second kappa shape index (κ2) is 4.41. The van der Waals surface area contributed by atoms with Gasteiger partial charge in [-0.2, -0.15) is 0 Å². The molecule has 5 heteroatoms. The molecule has 4 nitrogen and oxygen atoms in total. The first kappa shape index (κ1) is 12.0. The first-order valence-corrected chi connectivity index (χ1v) is 5.76. The standard InChI is InChI=1S/C12H15FN2O2/c13-11-5-4-9(15(16)17)8-10(11)12(14)6-2-1-3-7-12/h4-5,8H,1-3,6-7,14H2. The number of rotatable bonds is 2. The van der Waals surface area contributed by atoms with Crippen molar-refractivity contribution in [3.8, 4) is 0 Å². The fourth-order valence-corrected chi connectivity index (χ4v) is 2.46. The Bertz CT molecular complexity index is 442. The van der Waals surface area contributed by atoms with Crippen LogP contribution in [0, 0.1) is 15.9 Å². The lowest BCUT2D eigenvalue weighted by Gasteiger charge is -2.33. The maximum absolute atomic E-state index is 13.8. The molecule has 1 fully saturated rings. The van der Waals surface area contributed by atoms with Gasteiger partial charge in [0.15, 0.2) is 0 Å². The summed E-state index contributed by atoms with van der Waals surface area (Å²) < 4.78 is 13.8. The summed E-state index contributed by atoms with van der Waals surface area (Å²) in [5, 5.41) is 10.7. The predicted octanol–water partition coefficient (Wildman–Crippen LogP) is 2.85. The second-order valence-electron chi connectivity index (χ2n) is 4.64.